The second-order valence-electron chi connectivity index (χ2n) is 6.13. The van der Waals surface area contributed by atoms with Crippen LogP contribution >= 0.6 is 0 Å². The molecule has 0 spiro atoms. The van der Waals surface area contributed by atoms with Crippen LogP contribution in [-0.4, -0.2) is 50.2 Å². The first-order valence-electron chi connectivity index (χ1n) is 8.64. The third-order valence-corrected chi connectivity index (χ3v) is 4.38. The van der Waals surface area contributed by atoms with Gasteiger partial charge in [-0.25, -0.2) is 0 Å². The third kappa shape index (κ3) is 4.77. The number of ketones is 1. The highest BCUT2D eigenvalue weighted by Crippen LogP contribution is 2.36. The lowest BCUT2D eigenvalue weighted by atomic mass is 9.95. The second-order valence-corrected chi connectivity index (χ2v) is 6.13. The van der Waals surface area contributed by atoms with E-state index in [0.717, 1.165) is 0 Å². The van der Waals surface area contributed by atoms with E-state index in [9.17, 15) is 24.8 Å². The minimum Gasteiger partial charge on any atom is -0.493 e. The number of carboxylic acid groups (broad SMARTS) is 1. The van der Waals surface area contributed by atoms with Gasteiger partial charge in [0, 0.05) is 17.5 Å². The van der Waals surface area contributed by atoms with Crippen LogP contribution in [0.4, 0.5) is 5.69 Å². The molecule has 160 valence electrons. The van der Waals surface area contributed by atoms with Gasteiger partial charge >= 0.3 is 5.97 Å². The predicted molar refractivity (Wildman–Crippen MR) is 105 cm³/mol. The van der Waals surface area contributed by atoms with Gasteiger partial charge in [-0.15, -0.1) is 0 Å². The lowest BCUT2D eigenvalue weighted by molar-refractivity contribution is -0.385. The molecular weight excluding hydrogens is 398 g/mol. The summed E-state index contributed by atoms with van der Waals surface area (Å²) in [6.07, 6.45) is -0.797. The van der Waals surface area contributed by atoms with Gasteiger partial charge in [0.05, 0.1) is 45.8 Å². The van der Waals surface area contributed by atoms with Gasteiger partial charge in [-0.2, -0.15) is 0 Å². The van der Waals surface area contributed by atoms with Gasteiger partial charge in [-0.3, -0.25) is 19.7 Å². The van der Waals surface area contributed by atoms with E-state index >= 15 is 0 Å². The molecule has 0 saturated carbocycles. The molecule has 0 bridgehead atoms. The number of aliphatic carboxylic acids is 1. The molecule has 10 heteroatoms. The van der Waals surface area contributed by atoms with Crippen LogP contribution in [-0.2, 0) is 17.6 Å². The fourth-order valence-corrected chi connectivity index (χ4v) is 2.98. The van der Waals surface area contributed by atoms with Gasteiger partial charge < -0.3 is 24.1 Å². The van der Waals surface area contributed by atoms with Gasteiger partial charge in [0.15, 0.2) is 28.8 Å². The van der Waals surface area contributed by atoms with Crippen molar-refractivity contribution in [3.05, 3.63) is 51.1 Å². The first-order chi connectivity index (χ1) is 14.2. The molecule has 2 aromatic rings. The zero-order valence-electron chi connectivity index (χ0n) is 16.9. The number of ether oxygens (including phenoxy) is 4. The Labute approximate surface area is 172 Å². The van der Waals surface area contributed by atoms with Crippen LogP contribution in [0.5, 0.6) is 23.0 Å². The van der Waals surface area contributed by atoms with Gasteiger partial charge in [-0.1, -0.05) is 0 Å². The maximum absolute atomic E-state index is 13.0. The second kappa shape index (κ2) is 9.59. The molecule has 0 radical (unpaired) electrons. The Morgan fingerprint density at radius 2 is 1.30 bits per heavy atom. The summed E-state index contributed by atoms with van der Waals surface area (Å²) >= 11 is 0. The summed E-state index contributed by atoms with van der Waals surface area (Å²) in [5.41, 5.74) is 0.0485. The Bertz CT molecular complexity index is 985. The summed E-state index contributed by atoms with van der Waals surface area (Å²) in [6, 6.07) is 5.30. The summed E-state index contributed by atoms with van der Waals surface area (Å²) in [4.78, 5) is 35.1. The van der Waals surface area contributed by atoms with Crippen LogP contribution < -0.4 is 18.9 Å². The Kier molecular flexibility index (Phi) is 7.18. The Morgan fingerprint density at radius 1 is 0.833 bits per heavy atom. The third-order valence-electron chi connectivity index (χ3n) is 4.38. The molecular formula is C20H21NO9. The summed E-state index contributed by atoms with van der Waals surface area (Å²) in [6.45, 7) is 0. The molecule has 0 aliphatic heterocycles. The van der Waals surface area contributed by atoms with E-state index in [0.29, 0.717) is 0 Å². The maximum atomic E-state index is 13.0. The van der Waals surface area contributed by atoms with Gasteiger partial charge in [-0.05, 0) is 23.8 Å². The van der Waals surface area contributed by atoms with E-state index in [-0.39, 0.29) is 51.8 Å². The molecule has 0 heterocycles. The van der Waals surface area contributed by atoms with Crippen molar-refractivity contribution < 1.29 is 38.6 Å². The number of nitro groups is 1. The number of carbonyl (C=O) groups excluding carboxylic acids is 1. The van der Waals surface area contributed by atoms with E-state index in [1.807, 2.05) is 0 Å². The molecule has 0 atom stereocenters. The Hall–Kier alpha value is -3.82. The van der Waals surface area contributed by atoms with Crippen molar-refractivity contribution in [2.45, 2.75) is 12.8 Å². The Balaban J connectivity index is 2.56. The number of carbonyl (C=O) groups is 2. The number of Topliss-reactive ketones (excluding diaryl/α,β-unsaturated/α-hetero) is 1. The zero-order valence-corrected chi connectivity index (χ0v) is 16.9. The highest BCUT2D eigenvalue weighted by Gasteiger charge is 2.24. The predicted octanol–water partition coefficient (Wildman–Crippen LogP) is 2.68. The van der Waals surface area contributed by atoms with Crippen LogP contribution in [0.3, 0.4) is 0 Å². The summed E-state index contributed by atoms with van der Waals surface area (Å²) in [5.74, 6) is -0.794. The minimum atomic E-state index is -1.15. The molecule has 0 aliphatic rings. The zero-order chi connectivity index (χ0) is 22.4. The van der Waals surface area contributed by atoms with E-state index in [1.54, 1.807) is 0 Å². The SMILES string of the molecule is COc1cc(CC(=O)O)c(C(=O)Cc2cc(OC)c(OC)cc2[N+](=O)[O-])cc1OC. The number of nitrogens with zero attached hydrogens (tertiary/aromatic N) is 1. The highest BCUT2D eigenvalue weighted by atomic mass is 16.6. The number of nitro benzene ring substituents is 1. The van der Waals surface area contributed by atoms with Crippen LogP contribution in [0, 0.1) is 10.1 Å². The fourth-order valence-electron chi connectivity index (χ4n) is 2.98. The molecule has 0 saturated heterocycles. The van der Waals surface area contributed by atoms with Crippen LogP contribution in [0.2, 0.25) is 0 Å². The van der Waals surface area contributed by atoms with Crippen LogP contribution in [0.25, 0.3) is 0 Å². The topological polar surface area (TPSA) is 134 Å². The fraction of sp³-hybridized carbons (Fsp3) is 0.300. The first kappa shape index (κ1) is 22.5. The largest absolute Gasteiger partial charge is 0.493 e. The molecule has 2 rings (SSSR count). The molecule has 0 aromatic heterocycles. The van der Waals surface area contributed by atoms with Crippen molar-refractivity contribution in [3.63, 3.8) is 0 Å². The first-order valence-corrected chi connectivity index (χ1v) is 8.64. The number of carboxylic acids is 1. The summed E-state index contributed by atoms with van der Waals surface area (Å²) in [7, 11) is 5.47. The van der Waals surface area contributed by atoms with Crippen LogP contribution in [0.15, 0.2) is 24.3 Å². The summed E-state index contributed by atoms with van der Waals surface area (Å²) in [5, 5.41) is 20.7. The monoisotopic (exact) mass is 419 g/mol. The highest BCUT2D eigenvalue weighted by molar-refractivity contribution is 6.01. The molecule has 1 N–H and O–H groups in total. The maximum Gasteiger partial charge on any atom is 0.307 e. The van der Waals surface area contributed by atoms with Gasteiger partial charge in [0.2, 0.25) is 0 Å². The average molecular weight is 419 g/mol. The number of benzene rings is 2. The van der Waals surface area contributed by atoms with Crippen molar-refractivity contribution in [2.24, 2.45) is 0 Å². The normalized spacial score (nSPS) is 10.3. The number of methoxy groups -OCH3 is 4. The molecule has 0 amide bonds. The van der Waals surface area contributed by atoms with Crippen molar-refractivity contribution in [3.8, 4) is 23.0 Å². The lowest BCUT2D eigenvalue weighted by Crippen LogP contribution is -2.12. The minimum absolute atomic E-state index is 0.0686. The Morgan fingerprint density at radius 3 is 1.77 bits per heavy atom. The average Bonchev–Trinajstić information content (AvgIpc) is 2.72. The molecule has 2 aromatic carbocycles. The smallest absolute Gasteiger partial charge is 0.307 e. The van der Waals surface area contributed by atoms with E-state index in [4.69, 9.17) is 18.9 Å². The quantitative estimate of drug-likeness (QED) is 0.350. The van der Waals surface area contributed by atoms with Crippen molar-refractivity contribution in [1.82, 2.24) is 0 Å². The number of hydrogen-bond donors (Lipinski definition) is 1. The van der Waals surface area contributed by atoms with Gasteiger partial charge in [0.25, 0.3) is 5.69 Å². The number of rotatable bonds is 10. The molecule has 10 nitrogen and oxygen atoms in total. The summed E-state index contributed by atoms with van der Waals surface area (Å²) < 4.78 is 20.6. The molecule has 0 fully saturated rings. The number of hydrogen-bond acceptors (Lipinski definition) is 8. The standard InChI is InChI=1S/C20H21NO9/c1-27-16-6-11(8-20(23)24)13(9-18(16)29-3)15(22)5-12-7-17(28-2)19(30-4)10-14(12)21(25)26/h6-7,9-10H,5,8H2,1-4H3,(H,23,24). The molecule has 0 aliphatic carbocycles. The van der Waals surface area contributed by atoms with Crippen molar-refractivity contribution in [2.75, 3.05) is 28.4 Å². The lowest BCUT2D eigenvalue weighted by Gasteiger charge is -2.14. The van der Waals surface area contributed by atoms with E-state index in [2.05, 4.69) is 0 Å². The van der Waals surface area contributed by atoms with Crippen LogP contribution in [0.1, 0.15) is 21.5 Å². The molecule has 0 unspecified atom stereocenters. The van der Waals surface area contributed by atoms with Crippen molar-refractivity contribution in [1.29, 1.82) is 0 Å². The van der Waals surface area contributed by atoms with Crippen molar-refractivity contribution >= 4 is 17.4 Å². The molecule has 30 heavy (non-hydrogen) atoms. The van der Waals surface area contributed by atoms with E-state index < -0.39 is 23.1 Å². The van der Waals surface area contributed by atoms with E-state index in [1.165, 1.54) is 52.7 Å². The van der Waals surface area contributed by atoms with Gasteiger partial charge in [0.1, 0.15) is 0 Å².